The molecule has 1 saturated carbocycles. The predicted octanol–water partition coefficient (Wildman–Crippen LogP) is 2.50. The molecular weight excluding hydrogens is 348 g/mol. The number of nitrogens with zero attached hydrogens (tertiary/aromatic N) is 3. The molecule has 0 amide bonds. The maximum atomic E-state index is 10.0. The normalized spacial score (nSPS) is 13.0. The molecule has 0 spiro atoms. The SMILES string of the molecule is Nc1cncnc1.O=COCCc1nc(C2CC2)ccc1Br. The molecule has 1 fully saturated rings. The van der Waals surface area contributed by atoms with Gasteiger partial charge in [0, 0.05) is 22.5 Å². The first-order valence-corrected chi connectivity index (χ1v) is 7.71. The Hall–Kier alpha value is -2.02. The van der Waals surface area contributed by atoms with Crippen LogP contribution in [0.4, 0.5) is 5.69 Å². The minimum atomic E-state index is 0.392. The van der Waals surface area contributed by atoms with E-state index < -0.39 is 0 Å². The summed E-state index contributed by atoms with van der Waals surface area (Å²) in [5.41, 5.74) is 7.97. The number of anilines is 1. The lowest BCUT2D eigenvalue weighted by Crippen LogP contribution is -2.01. The average molecular weight is 365 g/mol. The lowest BCUT2D eigenvalue weighted by molar-refractivity contribution is -0.128. The van der Waals surface area contributed by atoms with Gasteiger partial charge in [-0.2, -0.15) is 0 Å². The Morgan fingerprint density at radius 3 is 2.59 bits per heavy atom. The van der Waals surface area contributed by atoms with Gasteiger partial charge in [0.1, 0.15) is 6.33 Å². The molecule has 1 aliphatic carbocycles. The number of hydrogen-bond acceptors (Lipinski definition) is 6. The van der Waals surface area contributed by atoms with Gasteiger partial charge in [-0.25, -0.2) is 9.97 Å². The molecule has 2 aromatic heterocycles. The van der Waals surface area contributed by atoms with E-state index in [1.165, 1.54) is 24.9 Å². The number of pyridine rings is 1. The topological polar surface area (TPSA) is 91.0 Å². The van der Waals surface area contributed by atoms with Gasteiger partial charge >= 0.3 is 0 Å². The zero-order valence-corrected chi connectivity index (χ0v) is 13.6. The summed E-state index contributed by atoms with van der Waals surface area (Å²) in [6.45, 7) is 0.863. The highest BCUT2D eigenvalue weighted by molar-refractivity contribution is 9.10. The smallest absolute Gasteiger partial charge is 0.293 e. The van der Waals surface area contributed by atoms with Crippen LogP contribution in [-0.4, -0.2) is 28.0 Å². The standard InChI is InChI=1S/C11H12BrNO2.C4H5N3/c12-9-3-4-10(8-1-2-8)13-11(9)5-6-15-7-14;5-4-1-6-3-7-2-4/h3-4,7-8H,1-2,5-6H2;1-3H,5H2. The first-order chi connectivity index (χ1) is 10.7. The number of ether oxygens (including phenoxy) is 1. The van der Waals surface area contributed by atoms with Crippen molar-refractivity contribution < 1.29 is 9.53 Å². The predicted molar refractivity (Wildman–Crippen MR) is 86.1 cm³/mol. The van der Waals surface area contributed by atoms with E-state index in [2.05, 4.69) is 41.7 Å². The number of halogens is 1. The molecule has 116 valence electrons. The molecule has 2 aromatic rings. The Balaban J connectivity index is 0.000000211. The van der Waals surface area contributed by atoms with Crippen LogP contribution in [0.25, 0.3) is 0 Å². The molecular formula is C15H17BrN4O2. The summed E-state index contributed by atoms with van der Waals surface area (Å²) in [4.78, 5) is 21.9. The minimum absolute atomic E-state index is 0.392. The Morgan fingerprint density at radius 2 is 2.05 bits per heavy atom. The van der Waals surface area contributed by atoms with Gasteiger partial charge < -0.3 is 10.5 Å². The summed E-state index contributed by atoms with van der Waals surface area (Å²) in [5, 5.41) is 0. The molecule has 22 heavy (non-hydrogen) atoms. The molecule has 2 heterocycles. The maximum absolute atomic E-state index is 10.0. The van der Waals surface area contributed by atoms with Crippen molar-refractivity contribution in [3.8, 4) is 0 Å². The van der Waals surface area contributed by atoms with E-state index in [0.717, 1.165) is 10.2 Å². The molecule has 6 nitrogen and oxygen atoms in total. The highest BCUT2D eigenvalue weighted by Crippen LogP contribution is 2.39. The van der Waals surface area contributed by atoms with Crippen molar-refractivity contribution in [1.82, 2.24) is 15.0 Å². The molecule has 0 bridgehead atoms. The molecule has 0 aromatic carbocycles. The second-order valence-corrected chi connectivity index (χ2v) is 5.68. The molecule has 0 aliphatic heterocycles. The van der Waals surface area contributed by atoms with Gasteiger partial charge in [0.25, 0.3) is 6.47 Å². The fourth-order valence-corrected chi connectivity index (χ4v) is 2.22. The van der Waals surface area contributed by atoms with Crippen LogP contribution in [0, 0.1) is 0 Å². The largest absolute Gasteiger partial charge is 0.467 e. The Morgan fingerprint density at radius 1 is 1.32 bits per heavy atom. The number of nitrogen functional groups attached to an aromatic ring is 1. The Labute approximate surface area is 137 Å². The van der Waals surface area contributed by atoms with Gasteiger partial charge in [-0.15, -0.1) is 0 Å². The van der Waals surface area contributed by atoms with Gasteiger partial charge in [-0.1, -0.05) is 0 Å². The summed E-state index contributed by atoms with van der Waals surface area (Å²) in [6.07, 6.45) is 7.70. The second kappa shape index (κ2) is 8.43. The quantitative estimate of drug-likeness (QED) is 0.647. The lowest BCUT2D eigenvalue weighted by Gasteiger charge is -2.05. The molecule has 2 N–H and O–H groups in total. The van der Waals surface area contributed by atoms with E-state index in [1.807, 2.05) is 6.07 Å². The van der Waals surface area contributed by atoms with Crippen LogP contribution < -0.4 is 5.73 Å². The van der Waals surface area contributed by atoms with Crippen LogP contribution in [0.2, 0.25) is 0 Å². The molecule has 0 radical (unpaired) electrons. The fraction of sp³-hybridized carbons (Fsp3) is 0.333. The highest BCUT2D eigenvalue weighted by atomic mass is 79.9. The molecule has 7 heteroatoms. The van der Waals surface area contributed by atoms with Crippen molar-refractivity contribution in [3.63, 3.8) is 0 Å². The summed E-state index contributed by atoms with van der Waals surface area (Å²) in [6, 6.07) is 4.09. The number of nitrogens with two attached hydrogens (primary N) is 1. The van der Waals surface area contributed by atoms with Gasteiger partial charge in [0.2, 0.25) is 0 Å². The number of aromatic nitrogens is 3. The van der Waals surface area contributed by atoms with Crippen LogP contribution in [-0.2, 0) is 16.0 Å². The minimum Gasteiger partial charge on any atom is -0.467 e. The van der Waals surface area contributed by atoms with Crippen molar-refractivity contribution in [2.45, 2.75) is 25.2 Å². The van der Waals surface area contributed by atoms with Gasteiger partial charge in [-0.3, -0.25) is 9.78 Å². The zero-order valence-electron chi connectivity index (χ0n) is 12.0. The van der Waals surface area contributed by atoms with Gasteiger partial charge in [0.15, 0.2) is 0 Å². The molecule has 0 atom stereocenters. The summed E-state index contributed by atoms with van der Waals surface area (Å²) in [7, 11) is 0. The molecule has 1 aliphatic rings. The number of carbonyl (C=O) groups is 1. The molecule has 0 unspecified atom stereocenters. The molecule has 0 saturated heterocycles. The maximum Gasteiger partial charge on any atom is 0.293 e. The third-order valence-corrected chi connectivity index (χ3v) is 3.76. The number of carbonyl (C=O) groups excluding carboxylic acids is 1. The zero-order chi connectivity index (χ0) is 15.8. The van der Waals surface area contributed by atoms with Crippen molar-refractivity contribution >= 4 is 28.1 Å². The Bertz CT molecular complexity index is 606. The van der Waals surface area contributed by atoms with Crippen LogP contribution in [0.5, 0.6) is 0 Å². The van der Waals surface area contributed by atoms with Crippen molar-refractivity contribution in [3.05, 3.63) is 46.7 Å². The van der Waals surface area contributed by atoms with Crippen LogP contribution >= 0.6 is 15.9 Å². The summed E-state index contributed by atoms with van der Waals surface area (Å²) in [5.74, 6) is 0.656. The first-order valence-electron chi connectivity index (χ1n) is 6.91. The van der Waals surface area contributed by atoms with Crippen LogP contribution in [0.1, 0.15) is 30.1 Å². The van der Waals surface area contributed by atoms with Crippen molar-refractivity contribution in [2.24, 2.45) is 0 Å². The second-order valence-electron chi connectivity index (χ2n) is 4.83. The molecule has 3 rings (SSSR count). The van der Waals surface area contributed by atoms with E-state index in [-0.39, 0.29) is 0 Å². The third kappa shape index (κ3) is 5.40. The lowest BCUT2D eigenvalue weighted by atomic mass is 10.2. The monoisotopic (exact) mass is 364 g/mol. The summed E-state index contributed by atoms with van der Waals surface area (Å²) < 4.78 is 5.65. The van der Waals surface area contributed by atoms with Crippen molar-refractivity contribution in [1.29, 1.82) is 0 Å². The van der Waals surface area contributed by atoms with Gasteiger partial charge in [0.05, 0.1) is 30.4 Å². The Kier molecular flexibility index (Phi) is 6.27. The number of hydrogen-bond donors (Lipinski definition) is 1. The average Bonchev–Trinajstić information content (AvgIpc) is 3.36. The van der Waals surface area contributed by atoms with Crippen LogP contribution in [0.3, 0.4) is 0 Å². The van der Waals surface area contributed by atoms with Crippen LogP contribution in [0.15, 0.2) is 35.3 Å². The van der Waals surface area contributed by atoms with Crippen molar-refractivity contribution in [2.75, 3.05) is 12.3 Å². The van der Waals surface area contributed by atoms with E-state index in [9.17, 15) is 4.79 Å². The van der Waals surface area contributed by atoms with E-state index >= 15 is 0 Å². The third-order valence-electron chi connectivity index (χ3n) is 3.04. The van der Waals surface area contributed by atoms with Gasteiger partial charge in [-0.05, 0) is 40.9 Å². The fourth-order valence-electron chi connectivity index (χ4n) is 1.80. The number of rotatable bonds is 5. The first kappa shape index (κ1) is 16.4. The highest BCUT2D eigenvalue weighted by Gasteiger charge is 2.25. The van der Waals surface area contributed by atoms with E-state index in [0.29, 0.717) is 31.1 Å². The summed E-state index contributed by atoms with van der Waals surface area (Å²) >= 11 is 3.45. The van der Waals surface area contributed by atoms with E-state index in [4.69, 9.17) is 5.73 Å². The van der Waals surface area contributed by atoms with E-state index in [1.54, 1.807) is 12.4 Å².